The summed E-state index contributed by atoms with van der Waals surface area (Å²) < 4.78 is 0. The minimum atomic E-state index is -0.909. The van der Waals surface area contributed by atoms with E-state index in [1.54, 1.807) is 0 Å². The summed E-state index contributed by atoms with van der Waals surface area (Å²) in [7, 11) is 0. The number of hydrogen-bond acceptors (Lipinski definition) is 2. The van der Waals surface area contributed by atoms with Crippen LogP contribution in [-0.2, 0) is 0 Å². The summed E-state index contributed by atoms with van der Waals surface area (Å²) in [6, 6.07) is 0. The van der Waals surface area contributed by atoms with E-state index in [1.165, 1.54) is 6.42 Å². The first-order valence-electron chi connectivity index (χ1n) is 7.17. The monoisotopic (exact) mass is 240 g/mol. The number of fused-ring (bicyclic) bond motifs is 1. The van der Waals surface area contributed by atoms with Crippen LogP contribution in [0.3, 0.4) is 0 Å². The van der Waals surface area contributed by atoms with Crippen LogP contribution in [0.4, 0.5) is 0 Å². The summed E-state index contributed by atoms with van der Waals surface area (Å²) in [5.41, 5.74) is -1.88. The van der Waals surface area contributed by atoms with Crippen molar-refractivity contribution >= 4 is 0 Å². The fourth-order valence-electron chi connectivity index (χ4n) is 4.24. The van der Waals surface area contributed by atoms with Gasteiger partial charge in [0.15, 0.2) is 0 Å². The van der Waals surface area contributed by atoms with Gasteiger partial charge in [-0.2, -0.15) is 0 Å². The number of aliphatic hydroxyl groups is 2. The predicted octanol–water partition coefficient (Wildman–Crippen LogP) is 3.11. The molecule has 0 aromatic rings. The van der Waals surface area contributed by atoms with Crippen molar-refractivity contribution in [2.75, 3.05) is 0 Å². The lowest BCUT2D eigenvalue weighted by Gasteiger charge is -2.60. The second-order valence-corrected chi connectivity index (χ2v) is 7.30. The summed E-state index contributed by atoms with van der Waals surface area (Å²) in [4.78, 5) is 0. The average molecular weight is 240 g/mol. The maximum absolute atomic E-state index is 11.1. The second-order valence-electron chi connectivity index (χ2n) is 7.30. The molecule has 17 heavy (non-hydrogen) atoms. The summed E-state index contributed by atoms with van der Waals surface area (Å²) >= 11 is 0. The topological polar surface area (TPSA) is 40.5 Å². The van der Waals surface area contributed by atoms with E-state index in [2.05, 4.69) is 20.8 Å². The van der Waals surface area contributed by atoms with Gasteiger partial charge in [0.25, 0.3) is 0 Å². The van der Waals surface area contributed by atoms with Gasteiger partial charge in [-0.3, -0.25) is 0 Å². The largest absolute Gasteiger partial charge is 0.387 e. The molecule has 0 amide bonds. The normalized spacial score (nSPS) is 51.4. The third kappa shape index (κ3) is 1.84. The quantitative estimate of drug-likeness (QED) is 0.739. The highest BCUT2D eigenvalue weighted by Crippen LogP contribution is 2.58. The lowest BCUT2D eigenvalue weighted by Crippen LogP contribution is -2.66. The zero-order valence-corrected chi connectivity index (χ0v) is 11.8. The van der Waals surface area contributed by atoms with Crippen molar-refractivity contribution in [2.45, 2.75) is 77.4 Å². The highest BCUT2D eigenvalue weighted by molar-refractivity contribution is 5.13. The van der Waals surface area contributed by atoms with Crippen molar-refractivity contribution in [3.8, 4) is 0 Å². The van der Waals surface area contributed by atoms with Crippen LogP contribution in [0.1, 0.15) is 66.2 Å². The van der Waals surface area contributed by atoms with Crippen LogP contribution >= 0.6 is 0 Å². The van der Waals surface area contributed by atoms with Crippen LogP contribution < -0.4 is 0 Å². The molecule has 2 nitrogen and oxygen atoms in total. The van der Waals surface area contributed by atoms with Crippen LogP contribution in [0.15, 0.2) is 0 Å². The Morgan fingerprint density at radius 1 is 1.06 bits per heavy atom. The second kappa shape index (κ2) is 3.96. The molecule has 2 aliphatic rings. The molecule has 0 unspecified atom stereocenters. The van der Waals surface area contributed by atoms with Gasteiger partial charge in [0, 0.05) is 0 Å². The third-order valence-electron chi connectivity index (χ3n) is 5.85. The van der Waals surface area contributed by atoms with Gasteiger partial charge in [0.05, 0.1) is 11.2 Å². The summed E-state index contributed by atoms with van der Waals surface area (Å²) in [6.45, 7) is 8.48. The Labute approximate surface area is 105 Å². The molecule has 2 fully saturated rings. The molecule has 2 heteroatoms. The first-order chi connectivity index (χ1) is 7.72. The Hall–Kier alpha value is -0.0800. The average Bonchev–Trinajstić information content (AvgIpc) is 2.20. The molecule has 0 bridgehead atoms. The lowest BCUT2D eigenvalue weighted by molar-refractivity contribution is -0.253. The SMILES string of the molecule is CC(C)[C@@H]1CC[C@]2(C)CCC[C@](C)(O)[C@@]2(O)C1. The number of rotatable bonds is 1. The zero-order chi connectivity index (χ0) is 12.9. The van der Waals surface area contributed by atoms with Crippen LogP contribution in [0.25, 0.3) is 0 Å². The third-order valence-corrected chi connectivity index (χ3v) is 5.85. The first-order valence-corrected chi connectivity index (χ1v) is 7.17. The van der Waals surface area contributed by atoms with Crippen LogP contribution in [-0.4, -0.2) is 21.4 Å². The van der Waals surface area contributed by atoms with Gasteiger partial charge in [-0.25, -0.2) is 0 Å². The van der Waals surface area contributed by atoms with E-state index in [0.29, 0.717) is 11.8 Å². The molecule has 2 N–H and O–H groups in total. The minimum absolute atomic E-state index is 0.0832. The molecule has 0 aliphatic heterocycles. The fourth-order valence-corrected chi connectivity index (χ4v) is 4.24. The van der Waals surface area contributed by atoms with E-state index in [0.717, 1.165) is 32.1 Å². The van der Waals surface area contributed by atoms with Gasteiger partial charge in [-0.05, 0) is 62.7 Å². The molecule has 0 spiro atoms. The van der Waals surface area contributed by atoms with E-state index >= 15 is 0 Å². The molecule has 4 atom stereocenters. The van der Waals surface area contributed by atoms with Gasteiger partial charge in [-0.15, -0.1) is 0 Å². The Balaban J connectivity index is 2.32. The lowest BCUT2D eigenvalue weighted by atomic mass is 9.50. The van der Waals surface area contributed by atoms with Crippen molar-refractivity contribution in [1.29, 1.82) is 0 Å². The molecule has 2 aliphatic carbocycles. The Morgan fingerprint density at radius 3 is 2.29 bits per heavy atom. The van der Waals surface area contributed by atoms with Crippen LogP contribution in [0.5, 0.6) is 0 Å². The fraction of sp³-hybridized carbons (Fsp3) is 1.00. The first kappa shape index (κ1) is 13.4. The smallest absolute Gasteiger partial charge is 0.0986 e. The maximum atomic E-state index is 11.1. The molecule has 0 aromatic carbocycles. The molecule has 0 saturated heterocycles. The Kier molecular flexibility index (Phi) is 3.11. The minimum Gasteiger partial charge on any atom is -0.387 e. The Bertz CT molecular complexity index is 297. The summed E-state index contributed by atoms with van der Waals surface area (Å²) in [5, 5.41) is 21.8. The van der Waals surface area contributed by atoms with Crippen LogP contribution in [0.2, 0.25) is 0 Å². The van der Waals surface area contributed by atoms with Gasteiger partial charge < -0.3 is 10.2 Å². The molecule has 0 aromatic heterocycles. The van der Waals surface area contributed by atoms with E-state index in [9.17, 15) is 10.2 Å². The molecule has 2 saturated carbocycles. The zero-order valence-electron chi connectivity index (χ0n) is 11.8. The maximum Gasteiger partial charge on any atom is 0.0986 e. The van der Waals surface area contributed by atoms with Crippen molar-refractivity contribution in [1.82, 2.24) is 0 Å². The molecular formula is C15H28O2. The molecule has 2 rings (SSSR count). The summed E-state index contributed by atoms with van der Waals surface area (Å²) in [6.07, 6.45) is 5.87. The van der Waals surface area contributed by atoms with Crippen molar-refractivity contribution in [2.24, 2.45) is 17.3 Å². The van der Waals surface area contributed by atoms with Crippen molar-refractivity contribution < 1.29 is 10.2 Å². The molecule has 0 heterocycles. The van der Waals surface area contributed by atoms with Crippen molar-refractivity contribution in [3.63, 3.8) is 0 Å². The van der Waals surface area contributed by atoms with E-state index in [1.807, 2.05) is 6.92 Å². The van der Waals surface area contributed by atoms with Gasteiger partial charge >= 0.3 is 0 Å². The molecule has 0 radical (unpaired) electrons. The molecule has 100 valence electrons. The van der Waals surface area contributed by atoms with Crippen molar-refractivity contribution in [3.05, 3.63) is 0 Å². The highest BCUT2D eigenvalue weighted by Gasteiger charge is 2.61. The van der Waals surface area contributed by atoms with E-state index < -0.39 is 11.2 Å². The van der Waals surface area contributed by atoms with Crippen LogP contribution in [0, 0.1) is 17.3 Å². The predicted molar refractivity (Wildman–Crippen MR) is 69.7 cm³/mol. The van der Waals surface area contributed by atoms with E-state index in [-0.39, 0.29) is 5.41 Å². The summed E-state index contributed by atoms with van der Waals surface area (Å²) in [5.74, 6) is 1.15. The van der Waals surface area contributed by atoms with E-state index in [4.69, 9.17) is 0 Å². The molecular weight excluding hydrogens is 212 g/mol. The van der Waals surface area contributed by atoms with Gasteiger partial charge in [0.1, 0.15) is 0 Å². The van der Waals surface area contributed by atoms with Gasteiger partial charge in [0.2, 0.25) is 0 Å². The van der Waals surface area contributed by atoms with Gasteiger partial charge in [-0.1, -0.05) is 20.8 Å². The Morgan fingerprint density at radius 2 is 1.71 bits per heavy atom. The standard InChI is InChI=1S/C15H28O2/c1-11(2)12-6-9-13(3)7-5-8-14(4,16)15(13,17)10-12/h11-12,16-17H,5-10H2,1-4H3/t12-,13+,14+,15-/m1/s1. The highest BCUT2D eigenvalue weighted by atomic mass is 16.4. The number of hydrogen-bond donors (Lipinski definition) is 2.